The Balaban J connectivity index is 1.37. The van der Waals surface area contributed by atoms with E-state index in [9.17, 15) is 14.7 Å². The van der Waals surface area contributed by atoms with E-state index in [1.54, 1.807) is 16.2 Å². The van der Waals surface area contributed by atoms with E-state index in [4.69, 9.17) is 0 Å². The van der Waals surface area contributed by atoms with Crippen LogP contribution in [0.25, 0.3) is 10.4 Å². The highest BCUT2D eigenvalue weighted by Crippen LogP contribution is 2.28. The standard InChI is InChI=1S/C31H39N3O3S/c1-4-21(2)29(32-17-16-23-8-6-5-7-9-23)31(37)34-19-26(35)18-27(34)28(36)15-12-24-10-13-25(14-11-24)30-22(3)33-20-38-30/h5-11,13-14,20-21,26-27,29,32,35H,4,12,15-19H2,1-3H3/t21-,26+,27-,29-/m0/s1. The van der Waals surface area contributed by atoms with E-state index in [1.807, 2.05) is 30.6 Å². The lowest BCUT2D eigenvalue weighted by atomic mass is 9.96. The zero-order valence-electron chi connectivity index (χ0n) is 22.6. The predicted molar refractivity (Wildman–Crippen MR) is 153 cm³/mol. The number of likely N-dealkylation sites (tertiary alicyclic amines) is 1. The maximum Gasteiger partial charge on any atom is 0.240 e. The van der Waals surface area contributed by atoms with Crippen LogP contribution in [0.2, 0.25) is 0 Å². The Morgan fingerprint density at radius 2 is 1.82 bits per heavy atom. The number of aryl methyl sites for hydroxylation is 2. The fourth-order valence-electron chi connectivity index (χ4n) is 5.16. The minimum absolute atomic E-state index is 0.0180. The molecule has 0 bridgehead atoms. The van der Waals surface area contributed by atoms with Crippen LogP contribution in [-0.2, 0) is 22.4 Å². The van der Waals surface area contributed by atoms with Gasteiger partial charge in [-0.3, -0.25) is 9.59 Å². The fourth-order valence-corrected chi connectivity index (χ4v) is 5.97. The summed E-state index contributed by atoms with van der Waals surface area (Å²) in [6, 6.07) is 17.5. The van der Waals surface area contributed by atoms with Gasteiger partial charge in [0.25, 0.3) is 0 Å². The van der Waals surface area contributed by atoms with Gasteiger partial charge in [0.15, 0.2) is 5.78 Å². The molecule has 6 nitrogen and oxygen atoms in total. The van der Waals surface area contributed by atoms with Crippen molar-refractivity contribution in [1.29, 1.82) is 0 Å². The molecule has 3 aromatic rings. The van der Waals surface area contributed by atoms with Crippen LogP contribution in [0, 0.1) is 12.8 Å². The third kappa shape index (κ3) is 6.95. The average molecular weight is 534 g/mol. The Hall–Kier alpha value is -2.87. The largest absolute Gasteiger partial charge is 0.391 e. The van der Waals surface area contributed by atoms with Crippen LogP contribution < -0.4 is 5.32 Å². The molecule has 1 aromatic heterocycles. The molecule has 4 rings (SSSR count). The Morgan fingerprint density at radius 3 is 2.47 bits per heavy atom. The summed E-state index contributed by atoms with van der Waals surface area (Å²) < 4.78 is 0. The molecule has 1 saturated heterocycles. The number of benzene rings is 2. The zero-order chi connectivity index (χ0) is 27.1. The van der Waals surface area contributed by atoms with Crippen LogP contribution in [0.1, 0.15) is 49.9 Å². The molecule has 38 heavy (non-hydrogen) atoms. The molecular formula is C31H39N3O3S. The molecule has 7 heteroatoms. The predicted octanol–water partition coefficient (Wildman–Crippen LogP) is 4.83. The van der Waals surface area contributed by atoms with Crippen molar-refractivity contribution < 1.29 is 14.7 Å². The number of nitrogens with zero attached hydrogens (tertiary/aromatic N) is 2. The highest BCUT2D eigenvalue weighted by molar-refractivity contribution is 7.13. The van der Waals surface area contributed by atoms with Crippen LogP contribution in [0.4, 0.5) is 0 Å². The number of aliphatic hydroxyl groups is 1. The zero-order valence-corrected chi connectivity index (χ0v) is 23.4. The Bertz CT molecular complexity index is 1190. The summed E-state index contributed by atoms with van der Waals surface area (Å²) in [6.07, 6.45) is 2.27. The molecule has 1 aliphatic heterocycles. The van der Waals surface area contributed by atoms with Gasteiger partial charge in [0.05, 0.1) is 34.3 Å². The Morgan fingerprint density at radius 1 is 1.11 bits per heavy atom. The first-order valence-corrected chi connectivity index (χ1v) is 14.5. The summed E-state index contributed by atoms with van der Waals surface area (Å²) in [4.78, 5) is 34.1. The van der Waals surface area contributed by atoms with Crippen LogP contribution in [0.15, 0.2) is 60.1 Å². The number of amides is 1. The van der Waals surface area contributed by atoms with E-state index in [0.29, 0.717) is 25.8 Å². The first kappa shape index (κ1) is 28.1. The van der Waals surface area contributed by atoms with Gasteiger partial charge in [-0.05, 0) is 48.9 Å². The van der Waals surface area contributed by atoms with E-state index in [-0.39, 0.29) is 30.2 Å². The van der Waals surface area contributed by atoms with Crippen molar-refractivity contribution in [2.24, 2.45) is 5.92 Å². The minimum atomic E-state index is -0.670. The molecule has 202 valence electrons. The number of hydrogen-bond acceptors (Lipinski definition) is 6. The average Bonchev–Trinajstić information content (AvgIpc) is 3.55. The molecule has 0 aliphatic carbocycles. The number of carbonyl (C=O) groups is 2. The summed E-state index contributed by atoms with van der Waals surface area (Å²) in [5.74, 6) is 0.0588. The molecule has 1 fully saturated rings. The molecule has 1 aliphatic rings. The smallest absolute Gasteiger partial charge is 0.240 e. The van der Waals surface area contributed by atoms with Crippen molar-refractivity contribution in [3.63, 3.8) is 0 Å². The lowest BCUT2D eigenvalue weighted by Crippen LogP contribution is -2.53. The molecule has 1 amide bonds. The number of hydrogen-bond donors (Lipinski definition) is 2. The quantitative estimate of drug-likeness (QED) is 0.349. The maximum atomic E-state index is 13.7. The number of nitrogens with one attached hydrogen (secondary N) is 1. The van der Waals surface area contributed by atoms with Gasteiger partial charge in [-0.1, -0.05) is 74.9 Å². The molecule has 2 N–H and O–H groups in total. The normalized spacial score (nSPS) is 18.9. The van der Waals surface area contributed by atoms with Gasteiger partial charge in [-0.15, -0.1) is 11.3 Å². The van der Waals surface area contributed by atoms with E-state index in [2.05, 4.69) is 60.5 Å². The van der Waals surface area contributed by atoms with E-state index < -0.39 is 12.1 Å². The summed E-state index contributed by atoms with van der Waals surface area (Å²) >= 11 is 1.62. The second-order valence-electron chi connectivity index (χ2n) is 10.4. The van der Waals surface area contributed by atoms with Crippen LogP contribution in [-0.4, -0.2) is 58.0 Å². The van der Waals surface area contributed by atoms with Crippen molar-refractivity contribution in [2.75, 3.05) is 13.1 Å². The monoisotopic (exact) mass is 533 g/mol. The van der Waals surface area contributed by atoms with Crippen molar-refractivity contribution in [1.82, 2.24) is 15.2 Å². The van der Waals surface area contributed by atoms with Gasteiger partial charge >= 0.3 is 0 Å². The number of β-amino-alcohol motifs (C(OH)–C–C–N with tert-alkyl or cyclic N) is 1. The summed E-state index contributed by atoms with van der Waals surface area (Å²) in [5.41, 5.74) is 6.31. The van der Waals surface area contributed by atoms with Gasteiger partial charge in [0.1, 0.15) is 0 Å². The molecule has 4 atom stereocenters. The SMILES string of the molecule is CC[C@H](C)[C@H](NCCc1ccccc1)C(=O)N1C[C@H](O)C[C@H]1C(=O)CCc1ccc(-c2scnc2C)cc1. The van der Waals surface area contributed by atoms with Gasteiger partial charge in [-0.2, -0.15) is 0 Å². The molecule has 2 aromatic carbocycles. The first-order chi connectivity index (χ1) is 18.4. The molecule has 0 unspecified atom stereocenters. The topological polar surface area (TPSA) is 82.5 Å². The summed E-state index contributed by atoms with van der Waals surface area (Å²) in [5, 5.41) is 13.9. The molecule has 0 radical (unpaired) electrons. The highest BCUT2D eigenvalue weighted by atomic mass is 32.1. The second-order valence-corrected chi connectivity index (χ2v) is 11.2. The van der Waals surface area contributed by atoms with Crippen molar-refractivity contribution in [2.45, 2.75) is 71.1 Å². The Labute approximate surface area is 230 Å². The number of thiazole rings is 1. The highest BCUT2D eigenvalue weighted by Gasteiger charge is 2.41. The Kier molecular flexibility index (Phi) is 9.83. The minimum Gasteiger partial charge on any atom is -0.391 e. The van der Waals surface area contributed by atoms with Crippen molar-refractivity contribution in [3.05, 3.63) is 76.9 Å². The van der Waals surface area contributed by atoms with Gasteiger partial charge in [0, 0.05) is 19.4 Å². The van der Waals surface area contributed by atoms with Crippen LogP contribution >= 0.6 is 11.3 Å². The first-order valence-electron chi connectivity index (χ1n) is 13.6. The number of aromatic nitrogens is 1. The van der Waals surface area contributed by atoms with Crippen LogP contribution in [0.5, 0.6) is 0 Å². The van der Waals surface area contributed by atoms with E-state index in [1.165, 1.54) is 5.56 Å². The lowest BCUT2D eigenvalue weighted by molar-refractivity contribution is -0.140. The number of carbonyl (C=O) groups excluding carboxylic acids is 2. The summed E-state index contributed by atoms with van der Waals surface area (Å²) in [7, 11) is 0. The van der Waals surface area contributed by atoms with Gasteiger partial charge in [0.2, 0.25) is 5.91 Å². The maximum absolute atomic E-state index is 13.7. The number of Topliss-reactive ketones (excluding diaryl/α,β-unsaturated/α-hetero) is 1. The van der Waals surface area contributed by atoms with E-state index in [0.717, 1.165) is 34.5 Å². The van der Waals surface area contributed by atoms with Gasteiger partial charge < -0.3 is 15.3 Å². The molecule has 2 heterocycles. The number of rotatable bonds is 12. The summed E-state index contributed by atoms with van der Waals surface area (Å²) in [6.45, 7) is 7.04. The third-order valence-electron chi connectivity index (χ3n) is 7.66. The van der Waals surface area contributed by atoms with Crippen molar-refractivity contribution in [3.8, 4) is 10.4 Å². The number of aliphatic hydroxyl groups excluding tert-OH is 1. The third-order valence-corrected chi connectivity index (χ3v) is 8.63. The van der Waals surface area contributed by atoms with Gasteiger partial charge in [-0.25, -0.2) is 4.98 Å². The van der Waals surface area contributed by atoms with Crippen molar-refractivity contribution >= 4 is 23.0 Å². The molecule has 0 spiro atoms. The second kappa shape index (κ2) is 13.3. The fraction of sp³-hybridized carbons (Fsp3) is 0.452. The van der Waals surface area contributed by atoms with E-state index >= 15 is 0 Å². The molecule has 0 saturated carbocycles. The number of ketones is 1. The lowest BCUT2D eigenvalue weighted by Gasteiger charge is -2.31. The van der Waals surface area contributed by atoms with Crippen LogP contribution in [0.3, 0.4) is 0 Å². The molecular weight excluding hydrogens is 494 g/mol.